The summed E-state index contributed by atoms with van der Waals surface area (Å²) in [6, 6.07) is 8.17. The summed E-state index contributed by atoms with van der Waals surface area (Å²) in [6.45, 7) is 0. The number of fused-ring (bicyclic) bond motifs is 3. The van der Waals surface area contributed by atoms with Crippen LogP contribution in [0.3, 0.4) is 0 Å². The molecule has 0 aromatic heterocycles. The first kappa shape index (κ1) is 25.7. The minimum absolute atomic E-state index is 0.0102. The Morgan fingerprint density at radius 2 is 1.71 bits per heavy atom. The van der Waals surface area contributed by atoms with Gasteiger partial charge in [0.2, 0.25) is 5.91 Å². The summed E-state index contributed by atoms with van der Waals surface area (Å²) < 4.78 is 0. The van der Waals surface area contributed by atoms with Crippen LogP contribution >= 0.6 is 0 Å². The molecule has 2 aromatic rings. The van der Waals surface area contributed by atoms with Crippen molar-refractivity contribution >= 4 is 29.2 Å². The number of aromatic hydroxyl groups is 1. The summed E-state index contributed by atoms with van der Waals surface area (Å²) in [7, 11) is 3.25. The van der Waals surface area contributed by atoms with E-state index in [1.165, 1.54) is 18.2 Å². The fraction of sp³-hybridized carbons (Fsp3) is 0.393. The molecule has 2 aromatic carbocycles. The van der Waals surface area contributed by atoms with Crippen molar-refractivity contribution in [1.29, 1.82) is 0 Å². The summed E-state index contributed by atoms with van der Waals surface area (Å²) in [4.78, 5) is 65.7. The molecule has 0 saturated heterocycles. The van der Waals surface area contributed by atoms with Crippen LogP contribution in [0.15, 0.2) is 36.4 Å². The van der Waals surface area contributed by atoms with Gasteiger partial charge in [-0.1, -0.05) is 18.2 Å². The first-order valence-corrected chi connectivity index (χ1v) is 12.4. The highest BCUT2D eigenvalue weighted by molar-refractivity contribution is 6.18. The SMILES string of the molecule is CN(C)C1C(=O)C(C(N)=O)CC2(O)C(=O)C3C(=O)c4c(O)ccc(-c5ccc(C(=O)O)cc5)c4CC3CC12. The molecule has 0 spiro atoms. The van der Waals surface area contributed by atoms with Gasteiger partial charge in [-0.2, -0.15) is 0 Å². The Labute approximate surface area is 218 Å². The van der Waals surface area contributed by atoms with Gasteiger partial charge in [-0.05, 0) is 67.7 Å². The average molecular weight is 521 g/mol. The molecule has 0 radical (unpaired) electrons. The normalized spacial score (nSPS) is 30.4. The minimum Gasteiger partial charge on any atom is -0.507 e. The number of ketones is 3. The first-order chi connectivity index (χ1) is 17.9. The van der Waals surface area contributed by atoms with Gasteiger partial charge < -0.3 is 21.1 Å². The largest absolute Gasteiger partial charge is 0.507 e. The van der Waals surface area contributed by atoms with Crippen LogP contribution < -0.4 is 5.73 Å². The number of carbonyl (C=O) groups excluding carboxylic acids is 4. The van der Waals surface area contributed by atoms with E-state index in [0.717, 1.165) is 0 Å². The van der Waals surface area contributed by atoms with Gasteiger partial charge in [0.1, 0.15) is 17.3 Å². The fourth-order valence-electron chi connectivity index (χ4n) is 6.77. The molecule has 3 aliphatic carbocycles. The van der Waals surface area contributed by atoms with Crippen LogP contribution in [-0.4, -0.2) is 75.2 Å². The molecular weight excluding hydrogens is 492 g/mol. The lowest BCUT2D eigenvalue weighted by molar-refractivity contribution is -0.176. The van der Waals surface area contributed by atoms with Crippen molar-refractivity contribution in [2.24, 2.45) is 29.4 Å². The van der Waals surface area contributed by atoms with E-state index in [-0.39, 0.29) is 29.7 Å². The number of phenols is 1. The lowest BCUT2D eigenvalue weighted by Crippen LogP contribution is -2.69. The first-order valence-electron chi connectivity index (χ1n) is 12.4. The zero-order valence-corrected chi connectivity index (χ0v) is 20.9. The average Bonchev–Trinajstić information content (AvgIpc) is 2.85. The predicted molar refractivity (Wildman–Crippen MR) is 133 cm³/mol. The molecule has 0 bridgehead atoms. The Bertz CT molecular complexity index is 1400. The Morgan fingerprint density at radius 1 is 1.05 bits per heavy atom. The lowest BCUT2D eigenvalue weighted by atomic mass is 9.52. The van der Waals surface area contributed by atoms with E-state index in [9.17, 15) is 39.3 Å². The number of carboxylic acids is 1. The smallest absolute Gasteiger partial charge is 0.335 e. The number of nitrogens with zero attached hydrogens (tertiary/aromatic N) is 1. The summed E-state index contributed by atoms with van der Waals surface area (Å²) in [5, 5.41) is 31.6. The quantitative estimate of drug-likeness (QED) is 0.429. The molecule has 5 rings (SSSR count). The van der Waals surface area contributed by atoms with Crippen molar-refractivity contribution in [2.75, 3.05) is 14.1 Å². The van der Waals surface area contributed by atoms with Crippen molar-refractivity contribution in [3.63, 3.8) is 0 Å². The number of aliphatic hydroxyl groups is 1. The molecule has 2 saturated carbocycles. The van der Waals surface area contributed by atoms with Gasteiger partial charge in [0, 0.05) is 12.3 Å². The summed E-state index contributed by atoms with van der Waals surface area (Å²) in [5.41, 5.74) is 5.22. The number of amides is 1. The van der Waals surface area contributed by atoms with Crippen LogP contribution in [0, 0.1) is 23.7 Å². The number of Topliss-reactive ketones (excluding diaryl/α,β-unsaturated/α-hetero) is 3. The van der Waals surface area contributed by atoms with E-state index in [0.29, 0.717) is 16.7 Å². The Hall–Kier alpha value is -3.89. The molecule has 198 valence electrons. The molecule has 0 heterocycles. The molecule has 2 fully saturated rings. The molecule has 10 nitrogen and oxygen atoms in total. The summed E-state index contributed by atoms with van der Waals surface area (Å²) in [6.07, 6.45) is -0.0758. The minimum atomic E-state index is -2.10. The molecular formula is C28H28N2O8. The van der Waals surface area contributed by atoms with Crippen molar-refractivity contribution in [1.82, 2.24) is 4.90 Å². The van der Waals surface area contributed by atoms with Gasteiger partial charge in [0.25, 0.3) is 0 Å². The number of primary amides is 1. The van der Waals surface area contributed by atoms with Crippen LogP contribution in [-0.2, 0) is 20.8 Å². The molecule has 38 heavy (non-hydrogen) atoms. The predicted octanol–water partition coefficient (Wildman–Crippen LogP) is 1.05. The number of aromatic carboxylic acids is 1. The molecule has 1 amide bonds. The number of likely N-dealkylation sites (N-methyl/N-ethyl adjacent to an activating group) is 1. The van der Waals surface area contributed by atoms with Crippen LogP contribution in [0.2, 0.25) is 0 Å². The van der Waals surface area contributed by atoms with Gasteiger partial charge in [-0.25, -0.2) is 4.79 Å². The third-order valence-electron chi connectivity index (χ3n) is 8.51. The van der Waals surface area contributed by atoms with Gasteiger partial charge >= 0.3 is 5.97 Å². The zero-order chi connectivity index (χ0) is 27.7. The van der Waals surface area contributed by atoms with E-state index < -0.39 is 71.0 Å². The van der Waals surface area contributed by atoms with E-state index in [1.54, 1.807) is 37.2 Å². The molecule has 6 atom stereocenters. The van der Waals surface area contributed by atoms with Crippen molar-refractivity contribution in [3.05, 3.63) is 53.1 Å². The molecule has 6 unspecified atom stereocenters. The second-order valence-corrected chi connectivity index (χ2v) is 10.8. The monoisotopic (exact) mass is 520 g/mol. The van der Waals surface area contributed by atoms with Crippen molar-refractivity contribution in [2.45, 2.75) is 30.9 Å². The van der Waals surface area contributed by atoms with Crippen LogP contribution in [0.5, 0.6) is 5.75 Å². The zero-order valence-electron chi connectivity index (χ0n) is 20.9. The molecule has 10 heteroatoms. The summed E-state index contributed by atoms with van der Waals surface area (Å²) in [5.74, 6) is -8.14. The van der Waals surface area contributed by atoms with Crippen molar-refractivity contribution in [3.8, 4) is 16.9 Å². The lowest BCUT2D eigenvalue weighted by Gasteiger charge is -2.53. The number of rotatable bonds is 4. The van der Waals surface area contributed by atoms with Gasteiger partial charge in [0.15, 0.2) is 17.3 Å². The topological polar surface area (TPSA) is 175 Å². The van der Waals surface area contributed by atoms with Gasteiger partial charge in [-0.15, -0.1) is 0 Å². The molecule has 5 N–H and O–H groups in total. The molecule has 3 aliphatic rings. The highest BCUT2D eigenvalue weighted by Crippen LogP contribution is 2.52. The third kappa shape index (κ3) is 3.66. The van der Waals surface area contributed by atoms with E-state index >= 15 is 0 Å². The maximum Gasteiger partial charge on any atom is 0.335 e. The number of carbonyl (C=O) groups is 5. The number of phenolic OH excluding ortho intramolecular Hbond substituents is 1. The van der Waals surface area contributed by atoms with Crippen LogP contribution in [0.4, 0.5) is 0 Å². The summed E-state index contributed by atoms with van der Waals surface area (Å²) >= 11 is 0. The van der Waals surface area contributed by atoms with Crippen LogP contribution in [0.1, 0.15) is 39.1 Å². The number of carboxylic acid groups (broad SMARTS) is 1. The van der Waals surface area contributed by atoms with Crippen molar-refractivity contribution < 1.29 is 39.3 Å². The standard InChI is InChI=1S/C28H28N2O8/c1-30(2)22-18-10-14-9-16-15(12-3-5-13(6-4-12)27(36)37)7-8-19(31)21(16)24(33)20(14)25(34)28(18,38)11-17(23(22)32)26(29)35/h3-8,14,17-18,20,22,31,38H,9-11H2,1-2H3,(H2,29,35)(H,36,37). The van der Waals surface area contributed by atoms with Crippen LogP contribution in [0.25, 0.3) is 11.1 Å². The highest BCUT2D eigenvalue weighted by atomic mass is 16.4. The Balaban J connectivity index is 1.61. The maximum absolute atomic E-state index is 13.9. The maximum atomic E-state index is 13.9. The number of benzene rings is 2. The highest BCUT2D eigenvalue weighted by Gasteiger charge is 2.64. The van der Waals surface area contributed by atoms with Gasteiger partial charge in [-0.3, -0.25) is 24.1 Å². The fourth-order valence-corrected chi connectivity index (χ4v) is 6.77. The second-order valence-electron chi connectivity index (χ2n) is 10.8. The third-order valence-corrected chi connectivity index (χ3v) is 8.51. The van der Waals surface area contributed by atoms with E-state index in [4.69, 9.17) is 5.73 Å². The van der Waals surface area contributed by atoms with E-state index in [2.05, 4.69) is 0 Å². The second kappa shape index (κ2) is 8.85. The number of hydrogen-bond donors (Lipinski definition) is 4. The number of hydrogen-bond acceptors (Lipinski definition) is 8. The van der Waals surface area contributed by atoms with Gasteiger partial charge in [0.05, 0.1) is 23.1 Å². The number of nitrogens with two attached hydrogens (primary N) is 1. The van der Waals surface area contributed by atoms with E-state index in [1.807, 2.05) is 0 Å². The Morgan fingerprint density at radius 3 is 2.29 bits per heavy atom. The Kier molecular flexibility index (Phi) is 6.00. The molecule has 0 aliphatic heterocycles.